The highest BCUT2D eigenvalue weighted by molar-refractivity contribution is 5.76. The number of carbonyl (C=O) groups is 1. The predicted octanol–water partition coefficient (Wildman–Crippen LogP) is 12.7. The number of hydrogen-bond donors (Lipinski definition) is 3. The molecule has 0 aliphatic carbocycles. The van der Waals surface area contributed by atoms with Crippen molar-refractivity contribution in [1.82, 2.24) is 5.32 Å². The second-order valence-electron chi connectivity index (χ2n) is 14.4. The molecule has 0 aliphatic rings. The van der Waals surface area contributed by atoms with Crippen LogP contribution < -0.4 is 5.32 Å². The fourth-order valence-electron chi connectivity index (χ4n) is 6.53. The van der Waals surface area contributed by atoms with Crippen molar-refractivity contribution in [2.75, 3.05) is 6.61 Å². The van der Waals surface area contributed by atoms with E-state index in [4.69, 9.17) is 0 Å². The van der Waals surface area contributed by atoms with Crippen molar-refractivity contribution in [1.29, 1.82) is 0 Å². The molecule has 2 unspecified atom stereocenters. The van der Waals surface area contributed by atoms with E-state index in [0.29, 0.717) is 12.8 Å². The average Bonchev–Trinajstić information content (AvgIpc) is 3.06. The highest BCUT2D eigenvalue weighted by Crippen LogP contribution is 2.16. The zero-order valence-corrected chi connectivity index (χ0v) is 31.4. The third kappa shape index (κ3) is 34.5. The van der Waals surface area contributed by atoms with Crippen molar-refractivity contribution in [2.24, 2.45) is 0 Å². The maximum Gasteiger partial charge on any atom is 0.220 e. The second kappa shape index (κ2) is 38.6. The third-order valence-corrected chi connectivity index (χ3v) is 9.78. The molecule has 46 heavy (non-hydrogen) atoms. The summed E-state index contributed by atoms with van der Waals surface area (Å²) >= 11 is 0. The van der Waals surface area contributed by atoms with Crippen LogP contribution in [0.4, 0.5) is 0 Å². The smallest absolute Gasteiger partial charge is 0.220 e. The van der Waals surface area contributed by atoms with Gasteiger partial charge in [-0.15, -0.1) is 0 Å². The first-order chi connectivity index (χ1) is 22.7. The number of unbranched alkanes of at least 4 members (excludes halogenated alkanes) is 29. The number of allylic oxidation sites excluding steroid dienone is 2. The summed E-state index contributed by atoms with van der Waals surface area (Å²) in [4.78, 5) is 12.4. The Morgan fingerprint density at radius 3 is 1.20 bits per heavy atom. The van der Waals surface area contributed by atoms with Gasteiger partial charge in [-0.1, -0.05) is 199 Å². The van der Waals surface area contributed by atoms with Crippen LogP contribution in [0.5, 0.6) is 0 Å². The summed E-state index contributed by atoms with van der Waals surface area (Å²) in [6, 6.07) is -0.536. The first-order valence-corrected chi connectivity index (χ1v) is 20.9. The Morgan fingerprint density at radius 1 is 0.500 bits per heavy atom. The van der Waals surface area contributed by atoms with Gasteiger partial charge in [0.1, 0.15) is 0 Å². The van der Waals surface area contributed by atoms with Crippen molar-refractivity contribution >= 4 is 5.91 Å². The SMILES string of the molecule is CCCCCCCCCCC/C=C\CCCCCCCC(=O)NC(CO)C(O)CCCCCCCCCCCCCCCCCC. The Bertz CT molecular complexity index is 622. The normalized spacial score (nSPS) is 13.0. The standard InChI is InChI=1S/C42H83NO3/c1-3-5-7-9-11-13-15-17-19-21-22-24-26-28-30-32-34-36-38-42(46)43-40(39-44)41(45)37-35-33-31-29-27-25-23-20-18-16-14-12-10-8-6-4-2/h22,24,40-41,44-45H,3-21,23,25-39H2,1-2H3,(H,43,46)/b24-22-. The minimum atomic E-state index is -0.658. The maximum atomic E-state index is 12.4. The lowest BCUT2D eigenvalue weighted by Gasteiger charge is -2.22. The van der Waals surface area contributed by atoms with Gasteiger partial charge in [-0.3, -0.25) is 4.79 Å². The first kappa shape index (κ1) is 45.1. The highest BCUT2D eigenvalue weighted by atomic mass is 16.3. The van der Waals surface area contributed by atoms with Gasteiger partial charge in [-0.2, -0.15) is 0 Å². The lowest BCUT2D eigenvalue weighted by Crippen LogP contribution is -2.45. The summed E-state index contributed by atoms with van der Waals surface area (Å²) in [5.41, 5.74) is 0. The zero-order valence-electron chi connectivity index (χ0n) is 31.4. The summed E-state index contributed by atoms with van der Waals surface area (Å²) in [6.07, 6.45) is 47.0. The van der Waals surface area contributed by atoms with Gasteiger partial charge in [0.05, 0.1) is 18.8 Å². The Morgan fingerprint density at radius 2 is 0.826 bits per heavy atom. The largest absolute Gasteiger partial charge is 0.394 e. The van der Waals surface area contributed by atoms with Crippen LogP contribution in [0.2, 0.25) is 0 Å². The van der Waals surface area contributed by atoms with Crippen molar-refractivity contribution in [3.63, 3.8) is 0 Å². The zero-order chi connectivity index (χ0) is 33.6. The number of aliphatic hydroxyl groups is 2. The monoisotopic (exact) mass is 650 g/mol. The summed E-state index contributed by atoms with van der Waals surface area (Å²) in [7, 11) is 0. The molecule has 0 bridgehead atoms. The van der Waals surface area contributed by atoms with Gasteiger partial charge >= 0.3 is 0 Å². The Labute approximate surface area is 288 Å². The third-order valence-electron chi connectivity index (χ3n) is 9.78. The number of rotatable bonds is 38. The van der Waals surface area contributed by atoms with Crippen molar-refractivity contribution in [3.8, 4) is 0 Å². The molecule has 0 rings (SSSR count). The van der Waals surface area contributed by atoms with E-state index < -0.39 is 12.1 Å². The Kier molecular flexibility index (Phi) is 37.8. The molecule has 0 aromatic heterocycles. The van der Waals surface area contributed by atoms with Gasteiger partial charge < -0.3 is 15.5 Å². The van der Waals surface area contributed by atoms with Crippen LogP contribution >= 0.6 is 0 Å². The van der Waals surface area contributed by atoms with Crippen molar-refractivity contribution < 1.29 is 15.0 Å². The van der Waals surface area contributed by atoms with Crippen molar-refractivity contribution in [3.05, 3.63) is 12.2 Å². The fourth-order valence-corrected chi connectivity index (χ4v) is 6.53. The maximum absolute atomic E-state index is 12.4. The fraction of sp³-hybridized carbons (Fsp3) is 0.929. The van der Waals surface area contributed by atoms with E-state index in [1.54, 1.807) is 0 Å². The molecule has 1 amide bonds. The van der Waals surface area contributed by atoms with E-state index in [1.165, 1.54) is 180 Å². The Hall–Kier alpha value is -0.870. The molecule has 0 radical (unpaired) electrons. The van der Waals surface area contributed by atoms with E-state index >= 15 is 0 Å². The number of aliphatic hydroxyl groups excluding tert-OH is 2. The van der Waals surface area contributed by atoms with Crippen LogP contribution in [-0.2, 0) is 4.79 Å². The summed E-state index contributed by atoms with van der Waals surface area (Å²) in [5, 5.41) is 23.1. The quantitative estimate of drug-likeness (QED) is 0.0460. The predicted molar refractivity (Wildman–Crippen MR) is 202 cm³/mol. The molecule has 0 aliphatic heterocycles. The molecule has 4 nitrogen and oxygen atoms in total. The van der Waals surface area contributed by atoms with E-state index in [9.17, 15) is 15.0 Å². The summed E-state index contributed by atoms with van der Waals surface area (Å²) in [6.45, 7) is 4.36. The molecule has 0 heterocycles. The van der Waals surface area contributed by atoms with Crippen LogP contribution in [0.25, 0.3) is 0 Å². The van der Waals surface area contributed by atoms with Gasteiger partial charge in [0.15, 0.2) is 0 Å². The lowest BCUT2D eigenvalue weighted by atomic mass is 10.0. The number of amides is 1. The van der Waals surface area contributed by atoms with Crippen LogP contribution in [-0.4, -0.2) is 34.9 Å². The van der Waals surface area contributed by atoms with E-state index in [-0.39, 0.29) is 12.5 Å². The van der Waals surface area contributed by atoms with E-state index in [2.05, 4.69) is 31.3 Å². The molecule has 2 atom stereocenters. The minimum absolute atomic E-state index is 0.0375. The number of carbonyl (C=O) groups excluding carboxylic acids is 1. The highest BCUT2D eigenvalue weighted by Gasteiger charge is 2.19. The Balaban J connectivity index is 3.53. The van der Waals surface area contributed by atoms with E-state index in [1.807, 2.05) is 0 Å². The summed E-state index contributed by atoms with van der Waals surface area (Å²) in [5.74, 6) is -0.0375. The molecule has 0 aromatic rings. The molecule has 0 saturated carbocycles. The van der Waals surface area contributed by atoms with E-state index in [0.717, 1.165) is 25.7 Å². The van der Waals surface area contributed by atoms with Crippen LogP contribution in [0.3, 0.4) is 0 Å². The first-order valence-electron chi connectivity index (χ1n) is 20.9. The molecule has 4 heteroatoms. The molecule has 0 saturated heterocycles. The molecule has 3 N–H and O–H groups in total. The minimum Gasteiger partial charge on any atom is -0.394 e. The van der Waals surface area contributed by atoms with Gasteiger partial charge in [-0.05, 0) is 38.5 Å². The average molecular weight is 650 g/mol. The molecule has 0 aromatic carbocycles. The number of nitrogens with one attached hydrogen (secondary N) is 1. The van der Waals surface area contributed by atoms with Gasteiger partial charge in [-0.25, -0.2) is 0 Å². The topological polar surface area (TPSA) is 69.6 Å². The lowest BCUT2D eigenvalue weighted by molar-refractivity contribution is -0.123. The van der Waals surface area contributed by atoms with Crippen LogP contribution in [0.1, 0.15) is 232 Å². The van der Waals surface area contributed by atoms with Gasteiger partial charge in [0, 0.05) is 6.42 Å². The van der Waals surface area contributed by atoms with Gasteiger partial charge in [0.25, 0.3) is 0 Å². The van der Waals surface area contributed by atoms with Gasteiger partial charge in [0.2, 0.25) is 5.91 Å². The van der Waals surface area contributed by atoms with Crippen molar-refractivity contribution in [2.45, 2.75) is 244 Å². The molecule has 274 valence electrons. The molecule has 0 fully saturated rings. The van der Waals surface area contributed by atoms with Crippen LogP contribution in [0, 0.1) is 0 Å². The second-order valence-corrected chi connectivity index (χ2v) is 14.4. The molecule has 0 spiro atoms. The van der Waals surface area contributed by atoms with Crippen LogP contribution in [0.15, 0.2) is 12.2 Å². The summed E-state index contributed by atoms with van der Waals surface area (Å²) < 4.78 is 0. The number of hydrogen-bond acceptors (Lipinski definition) is 3. The molecular weight excluding hydrogens is 566 g/mol. The molecular formula is C42H83NO3.